The van der Waals surface area contributed by atoms with Crippen molar-refractivity contribution >= 4 is 34.1 Å². The number of fused-ring (bicyclic) bond motifs is 1. The predicted octanol–water partition coefficient (Wildman–Crippen LogP) is 4.35. The highest BCUT2D eigenvalue weighted by Crippen LogP contribution is 2.63. The number of benzene rings is 2. The van der Waals surface area contributed by atoms with Crippen LogP contribution in [0.3, 0.4) is 0 Å². The van der Waals surface area contributed by atoms with Crippen LogP contribution >= 0.6 is 11.0 Å². The lowest BCUT2D eigenvalue weighted by Gasteiger charge is -2.44. The van der Waals surface area contributed by atoms with Crippen molar-refractivity contribution in [2.45, 2.75) is 25.3 Å². The number of carboxylic acid groups (broad SMARTS) is 1. The molecule has 30 heavy (non-hydrogen) atoms. The summed E-state index contributed by atoms with van der Waals surface area (Å²) in [6.07, 6.45) is 1.42. The van der Waals surface area contributed by atoms with Crippen LogP contribution in [0, 0.1) is 0 Å². The van der Waals surface area contributed by atoms with Crippen molar-refractivity contribution in [3.63, 3.8) is 0 Å². The van der Waals surface area contributed by atoms with Crippen molar-refractivity contribution < 1.29 is 19.0 Å². The molecular formula is C21H28N4O4S. The third kappa shape index (κ3) is 4.20. The van der Waals surface area contributed by atoms with Gasteiger partial charge in [-0.25, -0.2) is 9.10 Å². The van der Waals surface area contributed by atoms with E-state index in [4.69, 9.17) is 5.11 Å². The SMILES string of the molecule is O=C(O)NC1CCN(CCCN2c3ccccc3N(c3ccccc3)S2(O)O)CC1. The molecule has 2 heterocycles. The van der Waals surface area contributed by atoms with E-state index < -0.39 is 17.1 Å². The molecule has 0 radical (unpaired) electrons. The van der Waals surface area contributed by atoms with E-state index in [1.54, 1.807) is 8.61 Å². The van der Waals surface area contributed by atoms with Crippen LogP contribution in [-0.4, -0.2) is 57.4 Å². The van der Waals surface area contributed by atoms with Gasteiger partial charge >= 0.3 is 6.09 Å². The number of likely N-dealkylation sites (tertiary alicyclic amines) is 1. The smallest absolute Gasteiger partial charge is 0.404 e. The average Bonchev–Trinajstić information content (AvgIpc) is 2.96. The molecule has 1 fully saturated rings. The fourth-order valence-electron chi connectivity index (χ4n) is 4.21. The van der Waals surface area contributed by atoms with E-state index in [0.717, 1.165) is 56.0 Å². The Bertz CT molecular complexity index is 874. The van der Waals surface area contributed by atoms with E-state index in [2.05, 4.69) is 10.2 Å². The Balaban J connectivity index is 1.40. The van der Waals surface area contributed by atoms with Gasteiger partial charge in [-0.2, -0.15) is 0 Å². The molecule has 4 N–H and O–H groups in total. The summed E-state index contributed by atoms with van der Waals surface area (Å²) in [7, 11) is -3.19. The minimum atomic E-state index is -3.19. The maximum absolute atomic E-state index is 11.2. The van der Waals surface area contributed by atoms with Crippen molar-refractivity contribution in [1.82, 2.24) is 10.2 Å². The van der Waals surface area contributed by atoms with Crippen molar-refractivity contribution in [1.29, 1.82) is 0 Å². The number of piperidine rings is 1. The van der Waals surface area contributed by atoms with Crippen LogP contribution < -0.4 is 13.9 Å². The molecule has 2 aliphatic rings. The summed E-state index contributed by atoms with van der Waals surface area (Å²) >= 11 is 0. The Labute approximate surface area is 178 Å². The average molecular weight is 433 g/mol. The van der Waals surface area contributed by atoms with Crippen LogP contribution in [0.25, 0.3) is 0 Å². The lowest BCUT2D eigenvalue weighted by atomic mass is 10.1. The summed E-state index contributed by atoms with van der Waals surface area (Å²) < 4.78 is 25.7. The molecule has 2 aliphatic heterocycles. The molecule has 0 aliphatic carbocycles. The molecule has 0 spiro atoms. The Morgan fingerprint density at radius 3 is 2.27 bits per heavy atom. The summed E-state index contributed by atoms with van der Waals surface area (Å²) in [6.45, 7) is 3.04. The molecule has 2 aromatic rings. The van der Waals surface area contributed by atoms with E-state index in [-0.39, 0.29) is 6.04 Å². The van der Waals surface area contributed by atoms with Crippen molar-refractivity contribution in [3.8, 4) is 0 Å². The first-order chi connectivity index (χ1) is 14.5. The number of para-hydroxylation sites is 3. The number of hydrogen-bond acceptors (Lipinski definition) is 6. The first-order valence-electron chi connectivity index (χ1n) is 10.2. The number of carbonyl (C=O) groups is 1. The minimum absolute atomic E-state index is 0.0237. The quantitative estimate of drug-likeness (QED) is 0.539. The van der Waals surface area contributed by atoms with Gasteiger partial charge < -0.3 is 15.3 Å². The van der Waals surface area contributed by atoms with E-state index in [1.165, 1.54) is 0 Å². The van der Waals surface area contributed by atoms with Crippen LogP contribution in [0.2, 0.25) is 0 Å². The maximum Gasteiger partial charge on any atom is 0.404 e. The number of nitrogens with one attached hydrogen (secondary N) is 1. The second-order valence-corrected chi connectivity index (χ2v) is 9.42. The number of amides is 1. The van der Waals surface area contributed by atoms with Gasteiger partial charge in [0.15, 0.2) is 0 Å². The number of nitrogens with zero attached hydrogens (tertiary/aromatic N) is 3. The first-order valence-corrected chi connectivity index (χ1v) is 11.6. The van der Waals surface area contributed by atoms with E-state index in [1.807, 2.05) is 54.6 Å². The summed E-state index contributed by atoms with van der Waals surface area (Å²) in [4.78, 5) is 13.1. The summed E-state index contributed by atoms with van der Waals surface area (Å²) in [6, 6.07) is 17.1. The van der Waals surface area contributed by atoms with E-state index >= 15 is 0 Å². The maximum atomic E-state index is 11.2. The van der Waals surface area contributed by atoms with Crippen LogP contribution in [0.15, 0.2) is 54.6 Å². The largest absolute Gasteiger partial charge is 0.465 e. The second kappa shape index (κ2) is 8.73. The molecule has 0 atom stereocenters. The van der Waals surface area contributed by atoms with Gasteiger partial charge in [0.2, 0.25) is 0 Å². The van der Waals surface area contributed by atoms with Gasteiger partial charge in [-0.1, -0.05) is 30.3 Å². The molecule has 1 amide bonds. The first kappa shape index (κ1) is 20.8. The highest BCUT2D eigenvalue weighted by atomic mass is 32.3. The van der Waals surface area contributed by atoms with Gasteiger partial charge in [0.05, 0.1) is 17.1 Å². The van der Waals surface area contributed by atoms with Crippen molar-refractivity contribution in [2.24, 2.45) is 0 Å². The van der Waals surface area contributed by atoms with Gasteiger partial charge in [0.25, 0.3) is 0 Å². The Morgan fingerprint density at radius 2 is 1.60 bits per heavy atom. The highest BCUT2D eigenvalue weighted by Gasteiger charge is 2.41. The summed E-state index contributed by atoms with van der Waals surface area (Å²) in [5, 5.41) is 11.4. The normalized spacial score (nSPS) is 20.1. The lowest BCUT2D eigenvalue weighted by Crippen LogP contribution is -2.44. The topological polar surface area (TPSA) is 99.5 Å². The zero-order valence-electron chi connectivity index (χ0n) is 16.7. The molecule has 162 valence electrons. The number of hydrogen-bond donors (Lipinski definition) is 4. The fourth-order valence-corrected chi connectivity index (χ4v) is 6.02. The van der Waals surface area contributed by atoms with Crippen molar-refractivity contribution in [3.05, 3.63) is 54.6 Å². The van der Waals surface area contributed by atoms with Gasteiger partial charge in [-0.15, -0.1) is 0 Å². The Hall–Kier alpha value is -2.46. The van der Waals surface area contributed by atoms with E-state index in [0.29, 0.717) is 6.54 Å². The molecule has 0 aromatic heterocycles. The molecule has 2 aromatic carbocycles. The molecule has 0 bridgehead atoms. The van der Waals surface area contributed by atoms with Gasteiger partial charge in [0, 0.05) is 25.7 Å². The monoisotopic (exact) mass is 432 g/mol. The summed E-state index contributed by atoms with van der Waals surface area (Å²) in [5.41, 5.74) is 2.37. The van der Waals surface area contributed by atoms with Crippen LogP contribution in [-0.2, 0) is 0 Å². The third-order valence-electron chi connectivity index (χ3n) is 5.65. The second-order valence-electron chi connectivity index (χ2n) is 7.63. The highest BCUT2D eigenvalue weighted by molar-refractivity contribution is 8.27. The predicted molar refractivity (Wildman–Crippen MR) is 120 cm³/mol. The third-order valence-corrected chi connectivity index (χ3v) is 7.52. The van der Waals surface area contributed by atoms with Gasteiger partial charge in [-0.3, -0.25) is 13.4 Å². The molecule has 4 rings (SSSR count). The number of rotatable bonds is 6. The van der Waals surface area contributed by atoms with E-state index in [9.17, 15) is 13.9 Å². The number of anilines is 3. The molecule has 9 heteroatoms. The zero-order chi connectivity index (χ0) is 21.1. The van der Waals surface area contributed by atoms with Gasteiger partial charge in [-0.05, 0) is 61.0 Å². The Morgan fingerprint density at radius 1 is 0.967 bits per heavy atom. The lowest BCUT2D eigenvalue weighted by molar-refractivity contribution is 0.168. The molecule has 8 nitrogen and oxygen atoms in total. The minimum Gasteiger partial charge on any atom is -0.465 e. The van der Waals surface area contributed by atoms with Crippen LogP contribution in [0.4, 0.5) is 21.9 Å². The van der Waals surface area contributed by atoms with Crippen LogP contribution in [0.1, 0.15) is 19.3 Å². The summed E-state index contributed by atoms with van der Waals surface area (Å²) in [5.74, 6) is 0. The van der Waals surface area contributed by atoms with Crippen LogP contribution in [0.5, 0.6) is 0 Å². The molecular weight excluding hydrogens is 404 g/mol. The molecule has 0 unspecified atom stereocenters. The van der Waals surface area contributed by atoms with Gasteiger partial charge in [0.1, 0.15) is 0 Å². The standard InChI is InChI=1S/C21H28N4O4S/c26-21(27)22-17-11-15-23(16-12-17)13-6-14-24-19-9-4-5-10-20(19)25(30(24,28)29)18-7-2-1-3-8-18/h1-5,7-10,17,22,28-29H,6,11-16H2,(H,26,27). The molecule has 0 saturated carbocycles. The molecule has 1 saturated heterocycles. The fraction of sp³-hybridized carbons (Fsp3) is 0.381. The zero-order valence-corrected chi connectivity index (χ0v) is 17.5. The Kier molecular flexibility index (Phi) is 6.05. The van der Waals surface area contributed by atoms with Crippen molar-refractivity contribution in [2.75, 3.05) is 34.8 Å².